The first kappa shape index (κ1) is 28.8. The molecule has 0 spiro atoms. The van der Waals surface area contributed by atoms with Gasteiger partial charge in [0, 0.05) is 10.8 Å². The summed E-state index contributed by atoms with van der Waals surface area (Å²) in [6.45, 7) is 2.01. The molecule has 0 saturated carbocycles. The molecule has 7 nitrogen and oxygen atoms in total. The maximum absolute atomic E-state index is 14.6. The number of carbonyl (C=O) groups excluding carboxylic acids is 2. The summed E-state index contributed by atoms with van der Waals surface area (Å²) in [5.74, 6) is -1.13. The monoisotopic (exact) mass is 600 g/mol. The molecule has 0 fully saturated rings. The van der Waals surface area contributed by atoms with Crippen LogP contribution in [0.4, 0.5) is 5.69 Å². The number of hydrogen-bond donors (Lipinski definition) is 0. The average Bonchev–Trinajstić information content (AvgIpc) is 3.04. The topological polar surface area (TPSA) is 93.6 Å². The molecule has 5 aromatic carbocycles. The van der Waals surface area contributed by atoms with Crippen molar-refractivity contribution in [1.29, 1.82) is 0 Å². The molecule has 0 aliphatic rings. The first-order chi connectivity index (χ1) is 21.3. The third-order valence-electron chi connectivity index (χ3n) is 7.31. The predicted molar refractivity (Wildman–Crippen MR) is 171 cm³/mol. The highest BCUT2D eigenvalue weighted by molar-refractivity contribution is 7.93. The minimum Gasteiger partial charge on any atom is -0.461 e. The van der Waals surface area contributed by atoms with Crippen molar-refractivity contribution in [3.63, 3.8) is 0 Å². The largest absolute Gasteiger partial charge is 0.461 e. The number of benzene rings is 5. The molecule has 0 unspecified atom stereocenters. The lowest BCUT2D eigenvalue weighted by atomic mass is 10.0. The third-order valence-corrected chi connectivity index (χ3v) is 9.03. The van der Waals surface area contributed by atoms with Gasteiger partial charge in [-0.25, -0.2) is 13.4 Å². The summed E-state index contributed by atoms with van der Waals surface area (Å²) in [6.07, 6.45) is -0.00853. The number of carbonyl (C=O) groups is 2. The van der Waals surface area contributed by atoms with Gasteiger partial charge < -0.3 is 4.74 Å². The van der Waals surface area contributed by atoms with Gasteiger partial charge in [-0.05, 0) is 54.4 Å². The third kappa shape index (κ3) is 5.80. The Balaban J connectivity index is 1.40. The van der Waals surface area contributed by atoms with Gasteiger partial charge in [-0.15, -0.1) is 0 Å². The lowest BCUT2D eigenvalue weighted by Gasteiger charge is -2.24. The van der Waals surface area contributed by atoms with Crippen LogP contribution in [-0.4, -0.2) is 25.3 Å². The maximum atomic E-state index is 14.6. The zero-order chi connectivity index (χ0) is 30.7. The van der Waals surface area contributed by atoms with Crippen LogP contribution in [0, 0.1) is 6.92 Å². The molecular formula is C36H28N2O5S. The van der Waals surface area contributed by atoms with Gasteiger partial charge in [-0.2, -0.15) is 4.31 Å². The van der Waals surface area contributed by atoms with E-state index in [0.29, 0.717) is 27.4 Å². The predicted octanol–water partition coefficient (Wildman–Crippen LogP) is 7.02. The van der Waals surface area contributed by atoms with Crippen LogP contribution in [0.1, 0.15) is 27.0 Å². The summed E-state index contributed by atoms with van der Waals surface area (Å²) in [6, 6.07) is 36.4. The van der Waals surface area contributed by atoms with E-state index in [1.807, 2.05) is 49.4 Å². The normalized spacial score (nSPS) is 11.4. The number of aryl methyl sites for hydroxylation is 1. The van der Waals surface area contributed by atoms with Gasteiger partial charge in [0.15, 0.2) is 0 Å². The Morgan fingerprint density at radius 2 is 1.25 bits per heavy atom. The van der Waals surface area contributed by atoms with E-state index in [1.54, 1.807) is 60.7 Å². The van der Waals surface area contributed by atoms with Crippen LogP contribution < -0.4 is 4.31 Å². The van der Waals surface area contributed by atoms with E-state index in [1.165, 1.54) is 24.3 Å². The molecule has 0 aliphatic carbocycles. The van der Waals surface area contributed by atoms with Crippen LogP contribution in [0.25, 0.3) is 21.8 Å². The fourth-order valence-electron chi connectivity index (χ4n) is 5.06. The number of anilines is 1. The smallest absolute Gasteiger partial charge is 0.310 e. The molecule has 1 aromatic heterocycles. The molecular weight excluding hydrogens is 572 g/mol. The van der Waals surface area contributed by atoms with E-state index in [2.05, 4.69) is 0 Å². The van der Waals surface area contributed by atoms with Crippen molar-refractivity contribution in [2.24, 2.45) is 0 Å². The molecule has 0 radical (unpaired) electrons. The van der Waals surface area contributed by atoms with Crippen molar-refractivity contribution >= 4 is 49.4 Å². The number of pyridine rings is 1. The van der Waals surface area contributed by atoms with E-state index in [0.717, 1.165) is 15.4 Å². The van der Waals surface area contributed by atoms with Crippen LogP contribution in [0.3, 0.4) is 0 Å². The van der Waals surface area contributed by atoms with Crippen molar-refractivity contribution in [3.05, 3.63) is 150 Å². The Hall–Kier alpha value is -5.34. The zero-order valence-electron chi connectivity index (χ0n) is 23.9. The van der Waals surface area contributed by atoms with Gasteiger partial charge in [0.05, 0.1) is 33.6 Å². The number of esters is 1. The standard InChI is InChI=1S/C36H28N2O5S/c1-25-15-21-29(22-16-25)44(41,42)38(28-19-17-26(18-20-28)23-34(39)43-24-27-9-3-2-4-10-27)36(40)35-30-11-5-7-13-32(30)37-33-14-8-6-12-31(33)35/h2-22H,23-24H2,1H3. The van der Waals surface area contributed by atoms with Crippen LogP contribution >= 0.6 is 0 Å². The van der Waals surface area contributed by atoms with Gasteiger partial charge in [-0.3, -0.25) is 9.59 Å². The zero-order valence-corrected chi connectivity index (χ0v) is 24.7. The summed E-state index contributed by atoms with van der Waals surface area (Å²) in [5.41, 5.74) is 3.90. The minimum atomic E-state index is -4.36. The Kier molecular flexibility index (Phi) is 7.91. The number of fused-ring (bicyclic) bond motifs is 2. The Morgan fingerprint density at radius 1 is 0.682 bits per heavy atom. The second-order valence-electron chi connectivity index (χ2n) is 10.4. The van der Waals surface area contributed by atoms with Crippen LogP contribution in [0.5, 0.6) is 0 Å². The first-order valence-corrected chi connectivity index (χ1v) is 15.5. The quantitative estimate of drug-likeness (QED) is 0.138. The minimum absolute atomic E-state index is 0.00853. The summed E-state index contributed by atoms with van der Waals surface area (Å²) in [7, 11) is -4.36. The van der Waals surface area contributed by atoms with E-state index in [-0.39, 0.29) is 29.2 Å². The molecule has 1 amide bonds. The van der Waals surface area contributed by atoms with Gasteiger partial charge >= 0.3 is 5.97 Å². The highest BCUT2D eigenvalue weighted by Gasteiger charge is 2.34. The summed E-state index contributed by atoms with van der Waals surface area (Å²) in [4.78, 5) is 31.8. The molecule has 6 rings (SSSR count). The van der Waals surface area contributed by atoms with Crippen molar-refractivity contribution in [3.8, 4) is 0 Å². The maximum Gasteiger partial charge on any atom is 0.310 e. The molecule has 218 valence electrons. The van der Waals surface area contributed by atoms with Crippen molar-refractivity contribution in [2.45, 2.75) is 24.8 Å². The van der Waals surface area contributed by atoms with Gasteiger partial charge in [0.2, 0.25) is 0 Å². The number of ether oxygens (including phenoxy) is 1. The van der Waals surface area contributed by atoms with Crippen LogP contribution in [0.15, 0.2) is 132 Å². The SMILES string of the molecule is Cc1ccc(S(=O)(=O)N(C(=O)c2c3ccccc3nc3ccccc23)c2ccc(CC(=O)OCc3ccccc3)cc2)cc1. The highest BCUT2D eigenvalue weighted by atomic mass is 32.2. The Bertz CT molecular complexity index is 2040. The molecule has 0 bridgehead atoms. The molecule has 8 heteroatoms. The number of rotatable bonds is 8. The van der Waals surface area contributed by atoms with Crippen LogP contribution in [-0.2, 0) is 32.6 Å². The Labute approximate surface area is 255 Å². The number of para-hydroxylation sites is 2. The van der Waals surface area contributed by atoms with E-state index < -0.39 is 21.9 Å². The number of nitrogens with zero attached hydrogens (tertiary/aromatic N) is 2. The van der Waals surface area contributed by atoms with Gasteiger partial charge in [-0.1, -0.05) is 96.6 Å². The average molecular weight is 601 g/mol. The fourth-order valence-corrected chi connectivity index (χ4v) is 6.46. The lowest BCUT2D eigenvalue weighted by Crippen LogP contribution is -2.37. The molecule has 0 saturated heterocycles. The molecule has 1 heterocycles. The second kappa shape index (κ2) is 12.1. The van der Waals surface area contributed by atoms with Crippen LogP contribution in [0.2, 0.25) is 0 Å². The molecule has 44 heavy (non-hydrogen) atoms. The molecule has 0 aliphatic heterocycles. The van der Waals surface area contributed by atoms with E-state index in [4.69, 9.17) is 9.72 Å². The summed E-state index contributed by atoms with van der Waals surface area (Å²) >= 11 is 0. The number of amides is 1. The van der Waals surface area contributed by atoms with Gasteiger partial charge in [0.25, 0.3) is 15.9 Å². The highest BCUT2D eigenvalue weighted by Crippen LogP contribution is 2.32. The number of aromatic nitrogens is 1. The number of hydrogen-bond acceptors (Lipinski definition) is 6. The Morgan fingerprint density at radius 3 is 1.86 bits per heavy atom. The molecule has 0 N–H and O–H groups in total. The van der Waals surface area contributed by atoms with E-state index in [9.17, 15) is 18.0 Å². The number of sulfonamides is 1. The summed E-state index contributed by atoms with van der Waals surface area (Å²) < 4.78 is 34.7. The van der Waals surface area contributed by atoms with Gasteiger partial charge in [0.1, 0.15) is 6.61 Å². The summed E-state index contributed by atoms with van der Waals surface area (Å²) in [5, 5.41) is 1.08. The fraction of sp³-hybridized carbons (Fsp3) is 0.0833. The second-order valence-corrected chi connectivity index (χ2v) is 12.2. The van der Waals surface area contributed by atoms with Crippen molar-refractivity contribution in [1.82, 2.24) is 4.98 Å². The molecule has 6 aromatic rings. The van der Waals surface area contributed by atoms with Crippen molar-refractivity contribution < 1.29 is 22.7 Å². The van der Waals surface area contributed by atoms with E-state index >= 15 is 0 Å². The lowest BCUT2D eigenvalue weighted by molar-refractivity contribution is -0.144. The molecule has 0 atom stereocenters. The van der Waals surface area contributed by atoms with Crippen molar-refractivity contribution in [2.75, 3.05) is 4.31 Å². The first-order valence-electron chi connectivity index (χ1n) is 14.0.